The summed E-state index contributed by atoms with van der Waals surface area (Å²) in [6.07, 6.45) is 4.35. The van der Waals surface area contributed by atoms with E-state index in [4.69, 9.17) is 5.11 Å². The summed E-state index contributed by atoms with van der Waals surface area (Å²) in [5.41, 5.74) is 0. The Kier molecular flexibility index (Phi) is 6.12. The normalized spacial score (nSPS) is 24.9. The number of likely N-dealkylation sites (tertiary alicyclic amines) is 1. The largest absolute Gasteiger partial charge is 0.480 e. The highest BCUT2D eigenvalue weighted by atomic mass is 16.4. The molecule has 0 aromatic heterocycles. The molecule has 1 aliphatic heterocycles. The fraction of sp³-hybridized carbons (Fsp3) is 0.857. The maximum absolute atomic E-state index is 12.2. The van der Waals surface area contributed by atoms with Gasteiger partial charge in [0.25, 0.3) is 0 Å². The van der Waals surface area contributed by atoms with E-state index in [9.17, 15) is 9.59 Å². The lowest BCUT2D eigenvalue weighted by atomic mass is 9.95. The molecule has 5 heteroatoms. The Morgan fingerprint density at radius 2 is 2.05 bits per heavy atom. The van der Waals surface area contributed by atoms with Gasteiger partial charge in [-0.3, -0.25) is 0 Å². The van der Waals surface area contributed by atoms with Crippen molar-refractivity contribution in [1.29, 1.82) is 0 Å². The molecule has 2 unspecified atom stereocenters. The van der Waals surface area contributed by atoms with Crippen LogP contribution < -0.4 is 5.32 Å². The molecule has 0 aliphatic carbocycles. The molecule has 0 bridgehead atoms. The molecule has 0 radical (unpaired) electrons. The molecule has 110 valence electrons. The predicted octanol–water partition coefficient (Wildman–Crippen LogP) is 2.46. The zero-order valence-corrected chi connectivity index (χ0v) is 12.2. The van der Waals surface area contributed by atoms with Gasteiger partial charge in [-0.1, -0.05) is 26.7 Å². The van der Waals surface area contributed by atoms with Crippen LogP contribution in [0.2, 0.25) is 0 Å². The average Bonchev–Trinajstić information content (AvgIpc) is 2.36. The summed E-state index contributed by atoms with van der Waals surface area (Å²) in [6.45, 7) is 6.87. The predicted molar refractivity (Wildman–Crippen MR) is 74.0 cm³/mol. The molecule has 19 heavy (non-hydrogen) atoms. The van der Waals surface area contributed by atoms with Gasteiger partial charge in [0.15, 0.2) is 0 Å². The van der Waals surface area contributed by atoms with Gasteiger partial charge >= 0.3 is 12.0 Å². The van der Waals surface area contributed by atoms with Crippen LogP contribution in [0.1, 0.15) is 52.9 Å². The number of carbonyl (C=O) groups is 2. The summed E-state index contributed by atoms with van der Waals surface area (Å²) >= 11 is 0. The fourth-order valence-electron chi connectivity index (χ4n) is 2.47. The molecule has 5 nitrogen and oxygen atoms in total. The van der Waals surface area contributed by atoms with Crippen molar-refractivity contribution in [3.63, 3.8) is 0 Å². The van der Waals surface area contributed by atoms with E-state index >= 15 is 0 Å². The van der Waals surface area contributed by atoms with Crippen molar-refractivity contribution in [1.82, 2.24) is 10.2 Å². The van der Waals surface area contributed by atoms with Gasteiger partial charge in [-0.2, -0.15) is 0 Å². The third-order valence-electron chi connectivity index (χ3n) is 3.82. The first-order valence-corrected chi connectivity index (χ1v) is 7.25. The van der Waals surface area contributed by atoms with Gasteiger partial charge in [0.1, 0.15) is 6.04 Å². The average molecular weight is 270 g/mol. The first-order chi connectivity index (χ1) is 8.95. The first kappa shape index (κ1) is 15.8. The molecule has 0 aromatic carbocycles. The van der Waals surface area contributed by atoms with Crippen molar-refractivity contribution in [2.75, 3.05) is 6.54 Å². The number of piperidine rings is 1. The van der Waals surface area contributed by atoms with E-state index in [0.29, 0.717) is 18.9 Å². The van der Waals surface area contributed by atoms with Gasteiger partial charge in [-0.25, -0.2) is 9.59 Å². The highest BCUT2D eigenvalue weighted by Gasteiger charge is 2.29. The Labute approximate surface area is 115 Å². The van der Waals surface area contributed by atoms with Crippen LogP contribution >= 0.6 is 0 Å². The van der Waals surface area contributed by atoms with Gasteiger partial charge in [-0.05, 0) is 32.1 Å². The molecule has 0 saturated carbocycles. The van der Waals surface area contributed by atoms with Crippen LogP contribution in [0.3, 0.4) is 0 Å². The SMILES string of the molecule is CCCC[C@H](NC(=O)N1CC(C)CCC1C)C(=O)O. The second-order valence-electron chi connectivity index (χ2n) is 5.67. The quantitative estimate of drug-likeness (QED) is 0.806. The number of carboxylic acid groups (broad SMARTS) is 1. The molecule has 1 fully saturated rings. The molecule has 1 rings (SSSR count). The number of amides is 2. The molecule has 1 aliphatic rings. The minimum atomic E-state index is -0.945. The number of hydrogen-bond acceptors (Lipinski definition) is 2. The Bertz CT molecular complexity index is 320. The standard InChI is InChI=1S/C14H26N2O3/c1-4-5-6-12(13(17)18)15-14(19)16-9-10(2)7-8-11(16)3/h10-12H,4-9H2,1-3H3,(H,15,19)(H,17,18)/t10?,11?,12-/m0/s1. The number of rotatable bonds is 5. The van der Waals surface area contributed by atoms with E-state index in [1.165, 1.54) is 0 Å². The number of nitrogens with one attached hydrogen (secondary N) is 1. The van der Waals surface area contributed by atoms with Gasteiger partial charge in [-0.15, -0.1) is 0 Å². The van der Waals surface area contributed by atoms with Gasteiger partial charge in [0.05, 0.1) is 0 Å². The second kappa shape index (κ2) is 7.36. The molecule has 2 amide bonds. The Balaban J connectivity index is 2.57. The van der Waals surface area contributed by atoms with Crippen LogP contribution in [0.5, 0.6) is 0 Å². The van der Waals surface area contributed by atoms with Crippen molar-refractivity contribution >= 4 is 12.0 Å². The smallest absolute Gasteiger partial charge is 0.326 e. The summed E-state index contributed by atoms with van der Waals surface area (Å²) < 4.78 is 0. The van der Waals surface area contributed by atoms with Crippen LogP contribution in [-0.4, -0.2) is 40.6 Å². The topological polar surface area (TPSA) is 69.6 Å². The second-order valence-corrected chi connectivity index (χ2v) is 5.67. The van der Waals surface area contributed by atoms with E-state index in [-0.39, 0.29) is 12.1 Å². The molecule has 3 atom stereocenters. The fourth-order valence-corrected chi connectivity index (χ4v) is 2.47. The van der Waals surface area contributed by atoms with Gasteiger partial charge in [0, 0.05) is 12.6 Å². The number of nitrogens with zero attached hydrogens (tertiary/aromatic N) is 1. The van der Waals surface area contributed by atoms with Crippen molar-refractivity contribution in [2.24, 2.45) is 5.92 Å². The number of carbonyl (C=O) groups excluding carboxylic acids is 1. The number of hydrogen-bond donors (Lipinski definition) is 2. The molecular weight excluding hydrogens is 244 g/mol. The molecule has 0 aromatic rings. The summed E-state index contributed by atoms with van der Waals surface area (Å²) in [6, 6.07) is -0.809. The molecule has 0 spiro atoms. The van der Waals surface area contributed by atoms with E-state index in [0.717, 1.165) is 25.7 Å². The first-order valence-electron chi connectivity index (χ1n) is 7.25. The zero-order chi connectivity index (χ0) is 14.4. The minimum Gasteiger partial charge on any atom is -0.480 e. The third kappa shape index (κ3) is 4.73. The lowest BCUT2D eigenvalue weighted by Gasteiger charge is -2.37. The minimum absolute atomic E-state index is 0.192. The summed E-state index contributed by atoms with van der Waals surface area (Å²) in [4.78, 5) is 25.1. The number of carboxylic acids is 1. The Morgan fingerprint density at radius 3 is 2.63 bits per heavy atom. The number of urea groups is 1. The van der Waals surface area contributed by atoms with E-state index in [2.05, 4.69) is 12.2 Å². The monoisotopic (exact) mass is 270 g/mol. The van der Waals surface area contributed by atoms with Crippen molar-refractivity contribution < 1.29 is 14.7 Å². The summed E-state index contributed by atoms with van der Waals surface area (Å²) in [5, 5.41) is 11.8. The van der Waals surface area contributed by atoms with Crippen molar-refractivity contribution in [2.45, 2.75) is 65.0 Å². The van der Waals surface area contributed by atoms with E-state index < -0.39 is 12.0 Å². The molecule has 2 N–H and O–H groups in total. The van der Waals surface area contributed by atoms with Crippen LogP contribution in [0.25, 0.3) is 0 Å². The summed E-state index contributed by atoms with van der Waals surface area (Å²) in [5.74, 6) is -0.458. The maximum Gasteiger partial charge on any atom is 0.326 e. The zero-order valence-electron chi connectivity index (χ0n) is 12.2. The van der Waals surface area contributed by atoms with Crippen molar-refractivity contribution in [3.8, 4) is 0 Å². The van der Waals surface area contributed by atoms with Gasteiger partial charge < -0.3 is 15.3 Å². The van der Waals surface area contributed by atoms with Crippen LogP contribution in [-0.2, 0) is 4.79 Å². The Morgan fingerprint density at radius 1 is 1.37 bits per heavy atom. The highest BCUT2D eigenvalue weighted by Crippen LogP contribution is 2.21. The lowest BCUT2D eigenvalue weighted by Crippen LogP contribution is -2.53. The molecule has 1 heterocycles. The lowest BCUT2D eigenvalue weighted by molar-refractivity contribution is -0.139. The third-order valence-corrected chi connectivity index (χ3v) is 3.82. The number of unbranched alkanes of at least 4 members (excludes halogenated alkanes) is 1. The van der Waals surface area contributed by atoms with Crippen molar-refractivity contribution in [3.05, 3.63) is 0 Å². The Hall–Kier alpha value is -1.26. The maximum atomic E-state index is 12.2. The molecule has 1 saturated heterocycles. The number of aliphatic carboxylic acids is 1. The van der Waals surface area contributed by atoms with E-state index in [1.54, 1.807) is 4.90 Å². The van der Waals surface area contributed by atoms with Crippen LogP contribution in [0, 0.1) is 5.92 Å². The summed E-state index contributed by atoms with van der Waals surface area (Å²) in [7, 11) is 0. The van der Waals surface area contributed by atoms with Gasteiger partial charge in [0.2, 0.25) is 0 Å². The van der Waals surface area contributed by atoms with Crippen LogP contribution in [0.4, 0.5) is 4.79 Å². The molecular formula is C14H26N2O3. The van der Waals surface area contributed by atoms with Crippen LogP contribution in [0.15, 0.2) is 0 Å². The van der Waals surface area contributed by atoms with E-state index in [1.807, 2.05) is 13.8 Å². The highest BCUT2D eigenvalue weighted by molar-refractivity contribution is 5.82.